The van der Waals surface area contributed by atoms with Gasteiger partial charge in [0.15, 0.2) is 6.79 Å². The molecule has 0 aliphatic carbocycles. The number of rotatable bonds is 6. The van der Waals surface area contributed by atoms with Crippen LogP contribution in [0.5, 0.6) is 5.75 Å². The average Bonchev–Trinajstić information content (AvgIpc) is 2.52. The van der Waals surface area contributed by atoms with Gasteiger partial charge in [-0.3, -0.25) is 0 Å². The van der Waals surface area contributed by atoms with E-state index in [9.17, 15) is 0 Å². The van der Waals surface area contributed by atoms with E-state index in [-0.39, 0.29) is 6.79 Å². The first kappa shape index (κ1) is 15.1. The van der Waals surface area contributed by atoms with E-state index in [1.54, 1.807) is 7.11 Å². The summed E-state index contributed by atoms with van der Waals surface area (Å²) in [6, 6.07) is 16.3. The van der Waals surface area contributed by atoms with Crippen LogP contribution >= 0.6 is 0 Å². The zero-order valence-corrected chi connectivity index (χ0v) is 12.7. The number of methoxy groups -OCH3 is 1. The molecule has 0 N–H and O–H groups in total. The fourth-order valence-corrected chi connectivity index (χ4v) is 1.94. The molecule has 0 bridgehead atoms. The van der Waals surface area contributed by atoms with E-state index in [4.69, 9.17) is 9.47 Å². The molecule has 21 heavy (non-hydrogen) atoms. The third-order valence-electron chi connectivity index (χ3n) is 3.12. The predicted octanol–water partition coefficient (Wildman–Crippen LogP) is 3.91. The number of anilines is 1. The van der Waals surface area contributed by atoms with Crippen LogP contribution in [0.2, 0.25) is 0 Å². The summed E-state index contributed by atoms with van der Waals surface area (Å²) in [7, 11) is 5.69. The molecule has 0 saturated carbocycles. The third-order valence-corrected chi connectivity index (χ3v) is 3.12. The molecule has 2 rings (SSSR count). The first-order valence-electron chi connectivity index (χ1n) is 6.87. The van der Waals surface area contributed by atoms with Crippen molar-refractivity contribution in [1.29, 1.82) is 0 Å². The van der Waals surface area contributed by atoms with Crippen LogP contribution in [0.3, 0.4) is 0 Å². The maximum atomic E-state index is 5.55. The SMILES string of the molecule is COCOc1ccccc1/C=C/c1ccc(N(C)C)cc1. The Kier molecular flexibility index (Phi) is 5.41. The molecule has 3 heteroatoms. The summed E-state index contributed by atoms with van der Waals surface area (Å²) in [5.41, 5.74) is 3.38. The molecule has 0 amide bonds. The van der Waals surface area contributed by atoms with Gasteiger partial charge in [-0.05, 0) is 23.8 Å². The molecule has 0 atom stereocenters. The zero-order chi connectivity index (χ0) is 15.1. The number of ether oxygens (including phenoxy) is 2. The Hall–Kier alpha value is -2.26. The van der Waals surface area contributed by atoms with Crippen molar-refractivity contribution >= 4 is 17.8 Å². The van der Waals surface area contributed by atoms with Crippen LogP contribution in [0.15, 0.2) is 48.5 Å². The van der Waals surface area contributed by atoms with Gasteiger partial charge in [0.05, 0.1) is 0 Å². The lowest BCUT2D eigenvalue weighted by molar-refractivity contribution is 0.0510. The first-order valence-corrected chi connectivity index (χ1v) is 6.87. The van der Waals surface area contributed by atoms with E-state index < -0.39 is 0 Å². The van der Waals surface area contributed by atoms with Crippen molar-refractivity contribution in [2.24, 2.45) is 0 Å². The Labute approximate surface area is 126 Å². The lowest BCUT2D eigenvalue weighted by atomic mass is 10.1. The van der Waals surface area contributed by atoms with Gasteiger partial charge in [-0.1, -0.05) is 42.5 Å². The van der Waals surface area contributed by atoms with E-state index in [1.807, 2.05) is 38.4 Å². The maximum Gasteiger partial charge on any atom is 0.188 e. The standard InChI is InChI=1S/C18H21NO2/c1-19(2)17-12-9-15(10-13-17)8-11-16-6-4-5-7-18(16)21-14-20-3/h4-13H,14H2,1-3H3/b11-8+. The average molecular weight is 283 g/mol. The molecule has 2 aromatic carbocycles. The van der Waals surface area contributed by atoms with Gasteiger partial charge in [-0.25, -0.2) is 0 Å². The van der Waals surface area contributed by atoms with Crippen LogP contribution in [0, 0.1) is 0 Å². The summed E-state index contributed by atoms with van der Waals surface area (Å²) >= 11 is 0. The zero-order valence-electron chi connectivity index (χ0n) is 12.7. The van der Waals surface area contributed by atoms with Crippen molar-refractivity contribution in [3.63, 3.8) is 0 Å². The Morgan fingerprint density at radius 1 is 0.952 bits per heavy atom. The summed E-state index contributed by atoms with van der Waals surface area (Å²) in [5, 5.41) is 0. The number of hydrogen-bond acceptors (Lipinski definition) is 3. The highest BCUT2D eigenvalue weighted by Crippen LogP contribution is 2.21. The largest absolute Gasteiger partial charge is 0.467 e. The van der Waals surface area contributed by atoms with Crippen molar-refractivity contribution < 1.29 is 9.47 Å². The molecule has 0 aliphatic rings. The number of benzene rings is 2. The van der Waals surface area contributed by atoms with Crippen LogP contribution in [0.4, 0.5) is 5.69 Å². The van der Waals surface area contributed by atoms with Gasteiger partial charge in [0.1, 0.15) is 5.75 Å². The lowest BCUT2D eigenvalue weighted by Gasteiger charge is -2.11. The van der Waals surface area contributed by atoms with E-state index in [0.29, 0.717) is 0 Å². The molecule has 110 valence electrons. The van der Waals surface area contributed by atoms with Crippen molar-refractivity contribution in [1.82, 2.24) is 0 Å². The molecule has 0 saturated heterocycles. The summed E-state index contributed by atoms with van der Waals surface area (Å²) in [5.74, 6) is 0.820. The second-order valence-electron chi connectivity index (χ2n) is 4.91. The van der Waals surface area contributed by atoms with Gasteiger partial charge in [-0.2, -0.15) is 0 Å². The monoisotopic (exact) mass is 283 g/mol. The molecule has 3 nitrogen and oxygen atoms in total. The Bertz CT molecular complexity index is 588. The second-order valence-corrected chi connectivity index (χ2v) is 4.91. The van der Waals surface area contributed by atoms with Gasteiger partial charge in [-0.15, -0.1) is 0 Å². The van der Waals surface area contributed by atoms with Gasteiger partial charge in [0.25, 0.3) is 0 Å². The molecular weight excluding hydrogens is 262 g/mol. The second kappa shape index (κ2) is 7.50. The van der Waals surface area contributed by atoms with Crippen LogP contribution in [0.1, 0.15) is 11.1 Å². The summed E-state index contributed by atoms with van der Waals surface area (Å²) in [6.45, 7) is 0.252. The first-order chi connectivity index (χ1) is 10.2. The van der Waals surface area contributed by atoms with Crippen LogP contribution in [0.25, 0.3) is 12.2 Å². The molecular formula is C18H21NO2. The Morgan fingerprint density at radius 3 is 2.33 bits per heavy atom. The quantitative estimate of drug-likeness (QED) is 0.592. The van der Waals surface area contributed by atoms with Crippen molar-refractivity contribution in [3.8, 4) is 5.75 Å². The minimum Gasteiger partial charge on any atom is -0.467 e. The molecule has 0 heterocycles. The molecule has 0 spiro atoms. The minimum atomic E-state index is 0.252. The summed E-state index contributed by atoms with van der Waals surface area (Å²) in [6.07, 6.45) is 4.13. The van der Waals surface area contributed by atoms with Gasteiger partial charge in [0, 0.05) is 32.5 Å². The molecule has 0 aliphatic heterocycles. The van der Waals surface area contributed by atoms with E-state index in [1.165, 1.54) is 5.69 Å². The van der Waals surface area contributed by atoms with Crippen molar-refractivity contribution in [2.75, 3.05) is 32.9 Å². The van der Waals surface area contributed by atoms with E-state index in [0.717, 1.165) is 16.9 Å². The molecule has 0 fully saturated rings. The Morgan fingerprint density at radius 2 is 1.67 bits per heavy atom. The topological polar surface area (TPSA) is 21.7 Å². The van der Waals surface area contributed by atoms with Crippen LogP contribution < -0.4 is 9.64 Å². The fourth-order valence-electron chi connectivity index (χ4n) is 1.94. The van der Waals surface area contributed by atoms with Crippen LogP contribution in [-0.4, -0.2) is 28.0 Å². The highest BCUT2D eigenvalue weighted by Gasteiger charge is 1.99. The smallest absolute Gasteiger partial charge is 0.188 e. The van der Waals surface area contributed by atoms with Crippen molar-refractivity contribution in [3.05, 3.63) is 59.7 Å². The highest BCUT2D eigenvalue weighted by atomic mass is 16.7. The minimum absolute atomic E-state index is 0.252. The summed E-state index contributed by atoms with van der Waals surface area (Å²) in [4.78, 5) is 2.08. The lowest BCUT2D eigenvalue weighted by Crippen LogP contribution is -2.07. The highest BCUT2D eigenvalue weighted by molar-refractivity contribution is 5.73. The van der Waals surface area contributed by atoms with Gasteiger partial charge >= 0.3 is 0 Å². The fraction of sp³-hybridized carbons (Fsp3) is 0.222. The molecule has 0 unspecified atom stereocenters. The number of hydrogen-bond donors (Lipinski definition) is 0. The predicted molar refractivity (Wildman–Crippen MR) is 88.6 cm³/mol. The van der Waals surface area contributed by atoms with E-state index >= 15 is 0 Å². The maximum absolute atomic E-state index is 5.55. The Balaban J connectivity index is 2.13. The normalized spacial score (nSPS) is 10.8. The van der Waals surface area contributed by atoms with Gasteiger partial charge in [0.2, 0.25) is 0 Å². The number of nitrogens with zero attached hydrogens (tertiary/aromatic N) is 1. The molecule has 0 radical (unpaired) electrons. The third kappa shape index (κ3) is 4.36. The van der Waals surface area contributed by atoms with E-state index in [2.05, 4.69) is 41.3 Å². The van der Waals surface area contributed by atoms with Crippen molar-refractivity contribution in [2.45, 2.75) is 0 Å². The molecule has 2 aromatic rings. The summed E-state index contributed by atoms with van der Waals surface area (Å²) < 4.78 is 10.5. The number of para-hydroxylation sites is 1. The molecule has 0 aromatic heterocycles. The van der Waals surface area contributed by atoms with Gasteiger partial charge < -0.3 is 14.4 Å². The van der Waals surface area contributed by atoms with Crippen LogP contribution in [-0.2, 0) is 4.74 Å².